The van der Waals surface area contributed by atoms with E-state index in [0.717, 1.165) is 6.92 Å². The molecule has 0 heterocycles. The van der Waals surface area contributed by atoms with Gasteiger partial charge in [0, 0.05) is 6.92 Å². The van der Waals surface area contributed by atoms with Gasteiger partial charge in [0.15, 0.2) is 5.60 Å². The maximum absolute atomic E-state index is 11.5. The fraction of sp³-hybridized carbons (Fsp3) is 0.714. The topological polar surface area (TPSA) is 169 Å². The zero-order chi connectivity index (χ0) is 19.0. The lowest BCUT2D eigenvalue weighted by atomic mass is 9.61. The number of hydrogen-bond donors (Lipinski definition) is 5. The minimum Gasteiger partial charge on any atom is -0.481 e. The summed E-state index contributed by atoms with van der Waals surface area (Å²) in [5.74, 6) is -7.39. The van der Waals surface area contributed by atoms with E-state index < -0.39 is 40.8 Å². The van der Waals surface area contributed by atoms with E-state index in [0.29, 0.717) is 0 Å². The van der Waals surface area contributed by atoms with Gasteiger partial charge < -0.3 is 25.5 Å². The number of aliphatic carboxylic acids is 4. The summed E-state index contributed by atoms with van der Waals surface area (Å²) in [5, 5.41) is 45.5. The first-order valence-corrected chi connectivity index (χ1v) is 7.00. The molecule has 0 amide bonds. The highest BCUT2D eigenvalue weighted by Gasteiger charge is 2.64. The van der Waals surface area contributed by atoms with Gasteiger partial charge in [-0.2, -0.15) is 0 Å². The Kier molecular flexibility index (Phi) is 9.13. The normalized spacial score (nSPS) is 14.7. The first-order chi connectivity index (χ1) is 10.4. The quantitative estimate of drug-likeness (QED) is 0.432. The Bertz CT molecular complexity index is 449. The van der Waals surface area contributed by atoms with E-state index in [1.54, 1.807) is 0 Å². The molecule has 2 atom stereocenters. The van der Waals surface area contributed by atoms with Crippen molar-refractivity contribution in [3.8, 4) is 0 Å². The largest absolute Gasteiger partial charge is 0.481 e. The summed E-state index contributed by atoms with van der Waals surface area (Å²) < 4.78 is 0. The Morgan fingerprint density at radius 3 is 1.35 bits per heavy atom. The molecule has 23 heavy (non-hydrogen) atoms. The van der Waals surface area contributed by atoms with Crippen LogP contribution in [0.4, 0.5) is 0 Å². The monoisotopic (exact) mass is 336 g/mol. The van der Waals surface area contributed by atoms with Gasteiger partial charge in [0.25, 0.3) is 5.97 Å². The second-order valence-corrected chi connectivity index (χ2v) is 4.98. The molecule has 0 saturated carbocycles. The predicted octanol–water partition coefficient (Wildman–Crippen LogP) is 0.895. The summed E-state index contributed by atoms with van der Waals surface area (Å²) in [4.78, 5) is 43.0. The fourth-order valence-corrected chi connectivity index (χ4v) is 2.59. The number of rotatable bonds is 8. The SMILES string of the molecule is CC(=O)O.CCC(C(=O)O)C(O)(C(=O)O)C(CC)(CC)C(=O)O. The third-order valence-electron chi connectivity index (χ3n) is 3.88. The van der Waals surface area contributed by atoms with Crippen molar-refractivity contribution in [3.63, 3.8) is 0 Å². The maximum atomic E-state index is 11.5. The number of carboxylic acid groups (broad SMARTS) is 4. The molecule has 0 aliphatic rings. The maximum Gasteiger partial charge on any atom is 0.337 e. The van der Waals surface area contributed by atoms with E-state index in [9.17, 15) is 29.7 Å². The molecule has 134 valence electrons. The van der Waals surface area contributed by atoms with Gasteiger partial charge in [-0.05, 0) is 19.3 Å². The summed E-state index contributed by atoms with van der Waals surface area (Å²) in [6, 6.07) is 0. The molecule has 9 heteroatoms. The highest BCUT2D eigenvalue weighted by molar-refractivity contribution is 5.93. The first-order valence-electron chi connectivity index (χ1n) is 7.00. The first kappa shape index (κ1) is 23.1. The molecule has 0 spiro atoms. The summed E-state index contributed by atoms with van der Waals surface area (Å²) in [6.07, 6.45) is -0.565. The van der Waals surface area contributed by atoms with Crippen molar-refractivity contribution in [1.29, 1.82) is 0 Å². The van der Waals surface area contributed by atoms with Crippen molar-refractivity contribution >= 4 is 23.9 Å². The van der Waals surface area contributed by atoms with Crippen molar-refractivity contribution in [2.45, 2.75) is 52.6 Å². The van der Waals surface area contributed by atoms with E-state index in [4.69, 9.17) is 15.0 Å². The van der Waals surface area contributed by atoms with Gasteiger partial charge in [-0.15, -0.1) is 0 Å². The highest BCUT2D eigenvalue weighted by Crippen LogP contribution is 2.45. The summed E-state index contributed by atoms with van der Waals surface area (Å²) >= 11 is 0. The molecule has 0 radical (unpaired) electrons. The molecule has 0 aliphatic carbocycles. The second kappa shape index (κ2) is 9.09. The van der Waals surface area contributed by atoms with Crippen LogP contribution in [0, 0.1) is 11.3 Å². The average molecular weight is 336 g/mol. The minimum absolute atomic E-state index is 0.187. The molecular formula is C14H24O9. The lowest BCUT2D eigenvalue weighted by molar-refractivity contribution is -0.205. The molecule has 5 N–H and O–H groups in total. The van der Waals surface area contributed by atoms with Crippen LogP contribution in [0.15, 0.2) is 0 Å². The van der Waals surface area contributed by atoms with Crippen molar-refractivity contribution < 1.29 is 44.7 Å². The van der Waals surface area contributed by atoms with Crippen molar-refractivity contribution in [2.75, 3.05) is 0 Å². The van der Waals surface area contributed by atoms with Crippen LogP contribution in [0.3, 0.4) is 0 Å². The van der Waals surface area contributed by atoms with Crippen LogP contribution in [0.25, 0.3) is 0 Å². The zero-order valence-electron chi connectivity index (χ0n) is 13.6. The Morgan fingerprint density at radius 2 is 1.22 bits per heavy atom. The summed E-state index contributed by atoms with van der Waals surface area (Å²) in [6.45, 7) is 5.31. The van der Waals surface area contributed by atoms with Crippen molar-refractivity contribution in [2.24, 2.45) is 11.3 Å². The number of carboxylic acids is 4. The van der Waals surface area contributed by atoms with Crippen LogP contribution in [-0.4, -0.2) is 55.0 Å². The Morgan fingerprint density at radius 1 is 0.870 bits per heavy atom. The molecule has 0 bridgehead atoms. The molecule has 0 fully saturated rings. The smallest absolute Gasteiger partial charge is 0.337 e. The van der Waals surface area contributed by atoms with Crippen LogP contribution in [0.5, 0.6) is 0 Å². The minimum atomic E-state index is -2.86. The summed E-state index contributed by atoms with van der Waals surface area (Å²) in [7, 11) is 0. The molecule has 0 aromatic heterocycles. The highest BCUT2D eigenvalue weighted by atomic mass is 16.4. The average Bonchev–Trinajstić information content (AvgIpc) is 2.39. The molecule has 0 rings (SSSR count). The molecule has 0 aromatic carbocycles. The van der Waals surface area contributed by atoms with Gasteiger partial charge in [-0.1, -0.05) is 20.8 Å². The molecule has 0 saturated heterocycles. The molecule has 0 aromatic rings. The van der Waals surface area contributed by atoms with Gasteiger partial charge in [-0.3, -0.25) is 14.4 Å². The standard InChI is InChI=1S/C12H20O7.C2H4O2/c1-4-7(8(13)14)12(19,10(17)18)11(5-2,6-3)9(15)16;1-2(3)4/h7,19H,4-6H2,1-3H3,(H,13,14)(H,15,16)(H,17,18);1H3,(H,3,4). The number of hydrogen-bond acceptors (Lipinski definition) is 5. The predicted molar refractivity (Wildman–Crippen MR) is 78.0 cm³/mol. The van der Waals surface area contributed by atoms with E-state index in [2.05, 4.69) is 0 Å². The number of aliphatic hydroxyl groups is 1. The van der Waals surface area contributed by atoms with Crippen LogP contribution in [0.1, 0.15) is 47.0 Å². The van der Waals surface area contributed by atoms with E-state index in [-0.39, 0.29) is 19.3 Å². The lowest BCUT2D eigenvalue weighted by Crippen LogP contribution is -2.63. The van der Waals surface area contributed by atoms with E-state index in [1.807, 2.05) is 0 Å². The third kappa shape index (κ3) is 4.65. The van der Waals surface area contributed by atoms with Crippen LogP contribution < -0.4 is 0 Å². The van der Waals surface area contributed by atoms with Gasteiger partial charge in [0.2, 0.25) is 0 Å². The Hall–Kier alpha value is -2.16. The molecular weight excluding hydrogens is 312 g/mol. The summed E-state index contributed by atoms with van der Waals surface area (Å²) in [5.41, 5.74) is -4.90. The zero-order valence-corrected chi connectivity index (χ0v) is 13.6. The van der Waals surface area contributed by atoms with E-state index in [1.165, 1.54) is 20.8 Å². The second-order valence-electron chi connectivity index (χ2n) is 4.98. The third-order valence-corrected chi connectivity index (χ3v) is 3.88. The van der Waals surface area contributed by atoms with Crippen LogP contribution in [0.2, 0.25) is 0 Å². The number of carbonyl (C=O) groups is 4. The van der Waals surface area contributed by atoms with E-state index >= 15 is 0 Å². The van der Waals surface area contributed by atoms with Gasteiger partial charge in [0.1, 0.15) is 5.41 Å². The van der Waals surface area contributed by atoms with Gasteiger partial charge >= 0.3 is 17.9 Å². The Labute approximate surface area is 133 Å². The lowest BCUT2D eigenvalue weighted by Gasteiger charge is -2.43. The molecule has 0 aliphatic heterocycles. The van der Waals surface area contributed by atoms with Gasteiger partial charge in [0.05, 0.1) is 5.92 Å². The van der Waals surface area contributed by atoms with Crippen LogP contribution in [-0.2, 0) is 19.2 Å². The van der Waals surface area contributed by atoms with Crippen molar-refractivity contribution in [1.82, 2.24) is 0 Å². The molecule has 9 nitrogen and oxygen atoms in total. The Balaban J connectivity index is 0. The van der Waals surface area contributed by atoms with Crippen molar-refractivity contribution in [3.05, 3.63) is 0 Å². The van der Waals surface area contributed by atoms with Crippen LogP contribution >= 0.6 is 0 Å². The van der Waals surface area contributed by atoms with Gasteiger partial charge in [-0.25, -0.2) is 4.79 Å². The fourth-order valence-electron chi connectivity index (χ4n) is 2.59. The molecule has 2 unspecified atom stereocenters.